The number of carbonyl (C=O) groups excluding carboxylic acids is 4. The molecule has 0 fully saturated rings. The van der Waals surface area contributed by atoms with Gasteiger partial charge in [-0.05, 0) is 73.7 Å². The molecule has 3 aromatic rings. The molecule has 1 aliphatic rings. The first-order valence-corrected chi connectivity index (χ1v) is 11.5. The van der Waals surface area contributed by atoms with Crippen LogP contribution in [0.2, 0.25) is 5.02 Å². The lowest BCUT2D eigenvalue weighted by atomic mass is 10.1. The van der Waals surface area contributed by atoms with E-state index < -0.39 is 17.8 Å². The molecular formula is C26H19Cl2N3O5. The highest BCUT2D eigenvalue weighted by Crippen LogP contribution is 2.31. The van der Waals surface area contributed by atoms with E-state index in [0.29, 0.717) is 33.2 Å². The van der Waals surface area contributed by atoms with Crippen LogP contribution in [0.4, 0.5) is 17.1 Å². The maximum Gasteiger partial charge on any atom is 0.338 e. The lowest BCUT2D eigenvalue weighted by molar-refractivity contribution is -0.120. The Bertz CT molecular complexity index is 1390. The molecule has 0 aliphatic carbocycles. The maximum absolute atomic E-state index is 12.9. The highest BCUT2D eigenvalue weighted by atomic mass is 35.5. The quantitative estimate of drug-likeness (QED) is 0.325. The van der Waals surface area contributed by atoms with Gasteiger partial charge in [-0.2, -0.15) is 0 Å². The fourth-order valence-corrected chi connectivity index (χ4v) is 3.81. The lowest BCUT2D eigenvalue weighted by Gasteiger charge is -2.15. The summed E-state index contributed by atoms with van der Waals surface area (Å²) in [6.07, 6.45) is 0. The Labute approximate surface area is 216 Å². The summed E-state index contributed by atoms with van der Waals surface area (Å²) in [4.78, 5) is 50.8. The summed E-state index contributed by atoms with van der Waals surface area (Å²) < 4.78 is 4.94. The van der Waals surface area contributed by atoms with Crippen molar-refractivity contribution in [3.63, 3.8) is 0 Å². The topological polar surface area (TPSA) is 105 Å². The molecule has 0 aromatic heterocycles. The SMILES string of the molecule is CCOC(=O)c1ccc(NC(=O)c2ccc(NC3=C(Cl)C(=O)N(c4cccc(Cl)c4)C3=O)cc2)cc1. The largest absolute Gasteiger partial charge is 0.462 e. The minimum Gasteiger partial charge on any atom is -0.462 e. The highest BCUT2D eigenvalue weighted by molar-refractivity contribution is 6.53. The second-order valence-electron chi connectivity index (χ2n) is 7.57. The molecule has 0 spiro atoms. The Morgan fingerprint density at radius 3 is 2.14 bits per heavy atom. The van der Waals surface area contributed by atoms with Crippen molar-refractivity contribution in [2.45, 2.75) is 6.92 Å². The number of hydrogen-bond acceptors (Lipinski definition) is 6. The van der Waals surface area contributed by atoms with Gasteiger partial charge in [0.05, 0.1) is 17.9 Å². The fourth-order valence-electron chi connectivity index (χ4n) is 3.42. The van der Waals surface area contributed by atoms with Crippen molar-refractivity contribution < 1.29 is 23.9 Å². The number of benzene rings is 3. The van der Waals surface area contributed by atoms with Crippen LogP contribution in [0.1, 0.15) is 27.6 Å². The number of carbonyl (C=O) groups is 4. The lowest BCUT2D eigenvalue weighted by Crippen LogP contribution is -2.32. The molecule has 182 valence electrons. The monoisotopic (exact) mass is 523 g/mol. The van der Waals surface area contributed by atoms with E-state index in [-0.39, 0.29) is 23.2 Å². The zero-order valence-corrected chi connectivity index (χ0v) is 20.4. The van der Waals surface area contributed by atoms with Crippen LogP contribution in [-0.2, 0) is 14.3 Å². The molecule has 3 aromatic carbocycles. The Morgan fingerprint density at radius 1 is 0.861 bits per heavy atom. The fraction of sp³-hybridized carbons (Fsp3) is 0.0769. The molecule has 2 N–H and O–H groups in total. The molecule has 4 rings (SSSR count). The van der Waals surface area contributed by atoms with Crippen LogP contribution < -0.4 is 15.5 Å². The molecule has 1 heterocycles. The third kappa shape index (κ3) is 5.25. The number of rotatable bonds is 7. The van der Waals surface area contributed by atoms with Gasteiger partial charge in [0.1, 0.15) is 10.7 Å². The number of esters is 1. The highest BCUT2D eigenvalue weighted by Gasteiger charge is 2.39. The smallest absolute Gasteiger partial charge is 0.338 e. The van der Waals surface area contributed by atoms with Gasteiger partial charge in [0.25, 0.3) is 17.7 Å². The van der Waals surface area contributed by atoms with E-state index in [0.717, 1.165) is 4.90 Å². The summed E-state index contributed by atoms with van der Waals surface area (Å²) in [6, 6.07) is 18.9. The molecule has 36 heavy (non-hydrogen) atoms. The molecule has 10 heteroatoms. The molecule has 0 atom stereocenters. The summed E-state index contributed by atoms with van der Waals surface area (Å²) in [5.41, 5.74) is 1.91. The number of hydrogen-bond donors (Lipinski definition) is 2. The van der Waals surface area contributed by atoms with Gasteiger partial charge in [0.2, 0.25) is 0 Å². The van der Waals surface area contributed by atoms with E-state index in [4.69, 9.17) is 27.9 Å². The van der Waals surface area contributed by atoms with E-state index in [1.54, 1.807) is 73.7 Å². The molecule has 0 saturated heterocycles. The number of amides is 3. The van der Waals surface area contributed by atoms with Crippen molar-refractivity contribution >= 4 is 64.0 Å². The summed E-state index contributed by atoms with van der Waals surface area (Å²) in [6.45, 7) is 2.00. The van der Waals surface area contributed by atoms with Crippen LogP contribution in [0, 0.1) is 0 Å². The van der Waals surface area contributed by atoms with Gasteiger partial charge < -0.3 is 15.4 Å². The Kier molecular flexibility index (Phi) is 7.38. The number of imide groups is 1. The Morgan fingerprint density at radius 2 is 1.50 bits per heavy atom. The summed E-state index contributed by atoms with van der Waals surface area (Å²) >= 11 is 12.1. The van der Waals surface area contributed by atoms with Gasteiger partial charge in [-0.15, -0.1) is 0 Å². The van der Waals surface area contributed by atoms with Crippen LogP contribution in [-0.4, -0.2) is 30.3 Å². The number of anilines is 3. The number of ether oxygens (including phenoxy) is 1. The average Bonchev–Trinajstić information content (AvgIpc) is 3.08. The zero-order chi connectivity index (χ0) is 25.8. The van der Waals surface area contributed by atoms with Gasteiger partial charge in [0.15, 0.2) is 0 Å². The zero-order valence-electron chi connectivity index (χ0n) is 18.9. The standard InChI is InChI=1S/C26H19Cl2N3O5/c1-2-36-26(35)16-8-12-19(13-9-16)30-23(32)15-6-10-18(11-7-15)29-22-21(28)24(33)31(25(22)34)20-5-3-4-17(27)14-20/h3-14,29H,2H2,1H3,(H,30,32). The molecule has 0 radical (unpaired) electrons. The minimum atomic E-state index is -0.670. The van der Waals surface area contributed by atoms with Crippen molar-refractivity contribution in [1.29, 1.82) is 0 Å². The maximum atomic E-state index is 12.9. The normalized spacial score (nSPS) is 13.1. The number of halogens is 2. The molecule has 0 unspecified atom stereocenters. The van der Waals surface area contributed by atoms with Crippen LogP contribution in [0.5, 0.6) is 0 Å². The first-order chi connectivity index (χ1) is 17.3. The van der Waals surface area contributed by atoms with E-state index >= 15 is 0 Å². The molecule has 3 amide bonds. The summed E-state index contributed by atoms with van der Waals surface area (Å²) in [5.74, 6) is -2.11. The molecule has 8 nitrogen and oxygen atoms in total. The molecule has 0 saturated carbocycles. The predicted octanol–water partition coefficient (Wildman–Crippen LogP) is 5.20. The van der Waals surface area contributed by atoms with E-state index in [1.807, 2.05) is 0 Å². The van der Waals surface area contributed by atoms with Crippen molar-refractivity contribution in [1.82, 2.24) is 0 Å². The van der Waals surface area contributed by atoms with Crippen LogP contribution in [0.25, 0.3) is 0 Å². The van der Waals surface area contributed by atoms with E-state index in [2.05, 4.69) is 10.6 Å². The first kappa shape index (κ1) is 25.0. The van der Waals surface area contributed by atoms with E-state index in [1.165, 1.54) is 6.07 Å². The van der Waals surface area contributed by atoms with Crippen LogP contribution >= 0.6 is 23.2 Å². The second-order valence-corrected chi connectivity index (χ2v) is 8.38. The van der Waals surface area contributed by atoms with Gasteiger partial charge in [-0.25, -0.2) is 9.69 Å². The number of nitrogens with zero attached hydrogens (tertiary/aromatic N) is 1. The third-order valence-electron chi connectivity index (χ3n) is 5.16. The van der Waals surface area contributed by atoms with Crippen molar-refractivity contribution in [2.75, 3.05) is 22.1 Å². The number of nitrogens with one attached hydrogen (secondary N) is 2. The van der Waals surface area contributed by atoms with Crippen LogP contribution in [0.15, 0.2) is 83.5 Å². The minimum absolute atomic E-state index is 0.0828. The van der Waals surface area contributed by atoms with Crippen molar-refractivity contribution in [3.8, 4) is 0 Å². The van der Waals surface area contributed by atoms with Crippen LogP contribution in [0.3, 0.4) is 0 Å². The van der Waals surface area contributed by atoms with Gasteiger partial charge in [-0.3, -0.25) is 14.4 Å². The molecule has 1 aliphatic heterocycles. The molecule has 0 bridgehead atoms. The Hall–Kier alpha value is -4.14. The van der Waals surface area contributed by atoms with Gasteiger partial charge in [-0.1, -0.05) is 29.3 Å². The van der Waals surface area contributed by atoms with Crippen molar-refractivity contribution in [3.05, 3.63) is 99.7 Å². The van der Waals surface area contributed by atoms with E-state index in [9.17, 15) is 19.2 Å². The molecular weight excluding hydrogens is 505 g/mol. The average molecular weight is 524 g/mol. The summed E-state index contributed by atoms with van der Waals surface area (Å²) in [7, 11) is 0. The summed E-state index contributed by atoms with van der Waals surface area (Å²) in [5, 5.41) is 5.71. The van der Waals surface area contributed by atoms with Gasteiger partial charge >= 0.3 is 5.97 Å². The third-order valence-corrected chi connectivity index (χ3v) is 5.75. The predicted molar refractivity (Wildman–Crippen MR) is 137 cm³/mol. The first-order valence-electron chi connectivity index (χ1n) is 10.8. The Balaban J connectivity index is 1.42. The van der Waals surface area contributed by atoms with Crippen molar-refractivity contribution in [2.24, 2.45) is 0 Å². The van der Waals surface area contributed by atoms with Gasteiger partial charge in [0, 0.05) is 22.0 Å². The second kappa shape index (κ2) is 10.6.